The van der Waals surface area contributed by atoms with E-state index in [0.717, 1.165) is 4.70 Å². The second kappa shape index (κ2) is 7.05. The maximum Gasteiger partial charge on any atom is 0.261 e. The largest absolute Gasteiger partial charge is 0.494 e. The molecule has 4 aromatic rings. The average molecular weight is 396 g/mol. The molecule has 142 valence electrons. The van der Waals surface area contributed by atoms with Crippen LogP contribution in [0.5, 0.6) is 5.75 Å². The maximum absolute atomic E-state index is 13.2. The monoisotopic (exact) mass is 396 g/mol. The van der Waals surface area contributed by atoms with Crippen molar-refractivity contribution in [2.75, 3.05) is 12.4 Å². The molecule has 0 radical (unpaired) electrons. The number of benzene rings is 2. The highest BCUT2D eigenvalue weighted by atomic mass is 32.1. The number of anilines is 1. The quantitative estimate of drug-likeness (QED) is 0.551. The van der Waals surface area contributed by atoms with Crippen LogP contribution < -0.4 is 10.1 Å². The zero-order valence-corrected chi connectivity index (χ0v) is 16.3. The van der Waals surface area contributed by atoms with Gasteiger partial charge in [-0.25, -0.2) is 14.1 Å². The maximum atomic E-state index is 13.2. The van der Waals surface area contributed by atoms with Gasteiger partial charge in [-0.15, -0.1) is 0 Å². The predicted molar refractivity (Wildman–Crippen MR) is 107 cm³/mol. The second-order valence-corrected chi connectivity index (χ2v) is 7.24. The molecule has 0 aliphatic rings. The number of nitrogens with one attached hydrogen (secondary N) is 1. The Kier molecular flexibility index (Phi) is 4.56. The number of ether oxygens (including phenoxy) is 1. The van der Waals surface area contributed by atoms with E-state index >= 15 is 0 Å². The third kappa shape index (κ3) is 3.11. The van der Waals surface area contributed by atoms with Gasteiger partial charge in [-0.05, 0) is 50.2 Å². The van der Waals surface area contributed by atoms with Crippen LogP contribution >= 0.6 is 11.3 Å². The first-order chi connectivity index (χ1) is 13.5. The van der Waals surface area contributed by atoms with E-state index < -0.39 is 0 Å². The number of halogens is 1. The Balaban J connectivity index is 1.66. The molecule has 0 saturated heterocycles. The summed E-state index contributed by atoms with van der Waals surface area (Å²) < 4.78 is 21.1. The lowest BCUT2D eigenvalue weighted by Gasteiger charge is -2.05. The van der Waals surface area contributed by atoms with E-state index in [1.54, 1.807) is 37.8 Å². The fourth-order valence-electron chi connectivity index (χ4n) is 3.11. The third-order valence-corrected chi connectivity index (χ3v) is 5.35. The Morgan fingerprint density at radius 1 is 1.18 bits per heavy atom. The van der Waals surface area contributed by atoms with Crippen LogP contribution in [-0.2, 0) is 0 Å². The van der Waals surface area contributed by atoms with E-state index in [4.69, 9.17) is 4.74 Å². The lowest BCUT2D eigenvalue weighted by molar-refractivity contribution is 0.102. The van der Waals surface area contributed by atoms with Crippen molar-refractivity contribution in [3.63, 3.8) is 0 Å². The number of hydrogen-bond acceptors (Lipinski definition) is 5. The summed E-state index contributed by atoms with van der Waals surface area (Å²) in [5, 5.41) is 7.78. The highest BCUT2D eigenvalue weighted by molar-refractivity contribution is 7.22. The van der Waals surface area contributed by atoms with Gasteiger partial charge in [-0.2, -0.15) is 5.10 Å². The SMILES string of the molecule is COc1cccc2sc(NC(=O)c3c(C)nn(-c4ccc(F)cc4)c3C)nc12. The first kappa shape index (κ1) is 18.1. The van der Waals surface area contributed by atoms with Crippen molar-refractivity contribution < 1.29 is 13.9 Å². The fraction of sp³-hybridized carbons (Fsp3) is 0.150. The van der Waals surface area contributed by atoms with Gasteiger partial charge in [0.15, 0.2) is 5.13 Å². The molecular formula is C20H17FN4O2S. The Labute approximate surface area is 164 Å². The van der Waals surface area contributed by atoms with Crippen molar-refractivity contribution in [2.24, 2.45) is 0 Å². The highest BCUT2D eigenvalue weighted by Crippen LogP contribution is 2.32. The van der Waals surface area contributed by atoms with Gasteiger partial charge in [0.25, 0.3) is 5.91 Å². The molecule has 0 aliphatic heterocycles. The summed E-state index contributed by atoms with van der Waals surface area (Å²) in [4.78, 5) is 17.4. The molecule has 2 aromatic carbocycles. The molecule has 0 unspecified atom stereocenters. The van der Waals surface area contributed by atoms with Crippen LogP contribution in [0.2, 0.25) is 0 Å². The molecule has 2 aromatic heterocycles. The Morgan fingerprint density at radius 2 is 1.93 bits per heavy atom. The number of methoxy groups -OCH3 is 1. The first-order valence-corrected chi connectivity index (χ1v) is 9.36. The summed E-state index contributed by atoms with van der Waals surface area (Å²) in [6.07, 6.45) is 0. The van der Waals surface area contributed by atoms with Crippen molar-refractivity contribution in [3.8, 4) is 11.4 Å². The van der Waals surface area contributed by atoms with Crippen molar-refractivity contribution >= 4 is 32.6 Å². The van der Waals surface area contributed by atoms with Crippen molar-refractivity contribution in [1.82, 2.24) is 14.8 Å². The fourth-order valence-corrected chi connectivity index (χ4v) is 3.98. The molecule has 0 spiro atoms. The number of rotatable bonds is 4. The molecule has 0 aliphatic carbocycles. The van der Waals surface area contributed by atoms with E-state index in [1.165, 1.54) is 23.5 Å². The number of carbonyl (C=O) groups excluding carboxylic acids is 1. The van der Waals surface area contributed by atoms with Gasteiger partial charge in [0.2, 0.25) is 0 Å². The molecule has 0 atom stereocenters. The number of thiazole rings is 1. The van der Waals surface area contributed by atoms with Gasteiger partial charge in [0.1, 0.15) is 17.1 Å². The summed E-state index contributed by atoms with van der Waals surface area (Å²) >= 11 is 1.37. The van der Waals surface area contributed by atoms with Gasteiger partial charge in [-0.3, -0.25) is 10.1 Å². The van der Waals surface area contributed by atoms with Gasteiger partial charge in [0, 0.05) is 0 Å². The standard InChI is InChI=1S/C20H17FN4O2S/c1-11-17(12(2)25(24-11)14-9-7-13(21)8-10-14)19(26)23-20-22-18-15(27-3)5-4-6-16(18)28-20/h4-10H,1-3H3,(H,22,23,26). The molecule has 6 nitrogen and oxygen atoms in total. The number of aromatic nitrogens is 3. The van der Waals surface area contributed by atoms with E-state index in [1.807, 2.05) is 18.2 Å². The Morgan fingerprint density at radius 3 is 2.64 bits per heavy atom. The van der Waals surface area contributed by atoms with E-state index in [0.29, 0.717) is 39.0 Å². The third-order valence-electron chi connectivity index (χ3n) is 4.41. The molecular weight excluding hydrogens is 379 g/mol. The molecule has 1 amide bonds. The number of nitrogens with zero attached hydrogens (tertiary/aromatic N) is 3. The van der Waals surface area contributed by atoms with Crippen molar-refractivity contribution in [2.45, 2.75) is 13.8 Å². The minimum absolute atomic E-state index is 0.290. The number of aryl methyl sites for hydroxylation is 1. The first-order valence-electron chi connectivity index (χ1n) is 8.55. The summed E-state index contributed by atoms with van der Waals surface area (Å²) in [7, 11) is 1.59. The molecule has 0 fully saturated rings. The van der Waals surface area contributed by atoms with Crippen LogP contribution in [0, 0.1) is 19.7 Å². The van der Waals surface area contributed by atoms with Crippen LogP contribution in [0.1, 0.15) is 21.7 Å². The van der Waals surface area contributed by atoms with Crippen LogP contribution in [0.4, 0.5) is 9.52 Å². The lowest BCUT2D eigenvalue weighted by atomic mass is 10.2. The number of amides is 1. The van der Waals surface area contributed by atoms with E-state index in [2.05, 4.69) is 15.4 Å². The minimum atomic E-state index is -0.325. The lowest BCUT2D eigenvalue weighted by Crippen LogP contribution is -2.14. The zero-order chi connectivity index (χ0) is 19.8. The minimum Gasteiger partial charge on any atom is -0.494 e. The van der Waals surface area contributed by atoms with Crippen LogP contribution in [-0.4, -0.2) is 27.8 Å². The Bertz CT molecular complexity index is 1180. The van der Waals surface area contributed by atoms with Crippen LogP contribution in [0.3, 0.4) is 0 Å². The summed E-state index contributed by atoms with van der Waals surface area (Å²) in [5.74, 6) is 0.0432. The molecule has 2 heterocycles. The van der Waals surface area contributed by atoms with Crippen molar-refractivity contribution in [1.29, 1.82) is 0 Å². The summed E-state index contributed by atoms with van der Waals surface area (Å²) in [6.45, 7) is 3.57. The topological polar surface area (TPSA) is 69.0 Å². The molecule has 4 rings (SSSR count). The average Bonchev–Trinajstić information content (AvgIpc) is 3.21. The second-order valence-electron chi connectivity index (χ2n) is 6.21. The van der Waals surface area contributed by atoms with Gasteiger partial charge in [0.05, 0.1) is 34.4 Å². The number of fused-ring (bicyclic) bond motifs is 1. The number of para-hydroxylation sites is 1. The highest BCUT2D eigenvalue weighted by Gasteiger charge is 2.21. The van der Waals surface area contributed by atoms with Crippen LogP contribution in [0.25, 0.3) is 15.9 Å². The summed E-state index contributed by atoms with van der Waals surface area (Å²) in [5.41, 5.74) is 3.11. The molecule has 0 bridgehead atoms. The van der Waals surface area contributed by atoms with Gasteiger partial charge in [-0.1, -0.05) is 17.4 Å². The number of hydrogen-bond donors (Lipinski definition) is 1. The van der Waals surface area contributed by atoms with Gasteiger partial charge >= 0.3 is 0 Å². The Hall–Kier alpha value is -3.26. The van der Waals surface area contributed by atoms with E-state index in [9.17, 15) is 9.18 Å². The van der Waals surface area contributed by atoms with Gasteiger partial charge < -0.3 is 4.74 Å². The zero-order valence-electron chi connectivity index (χ0n) is 15.5. The molecule has 28 heavy (non-hydrogen) atoms. The molecule has 1 N–H and O–H groups in total. The number of carbonyl (C=O) groups is 1. The van der Waals surface area contributed by atoms with Crippen molar-refractivity contribution in [3.05, 3.63) is 65.2 Å². The van der Waals surface area contributed by atoms with E-state index in [-0.39, 0.29) is 11.7 Å². The predicted octanol–water partition coefficient (Wildman–Crippen LogP) is 4.50. The smallest absolute Gasteiger partial charge is 0.261 e. The molecule has 0 saturated carbocycles. The molecule has 8 heteroatoms. The summed E-state index contributed by atoms with van der Waals surface area (Å²) in [6, 6.07) is 11.6. The van der Waals surface area contributed by atoms with Crippen LogP contribution in [0.15, 0.2) is 42.5 Å². The normalized spacial score (nSPS) is 11.0.